The highest BCUT2D eigenvalue weighted by Crippen LogP contribution is 2.22. The lowest BCUT2D eigenvalue weighted by molar-refractivity contribution is -0.237. The van der Waals surface area contributed by atoms with Gasteiger partial charge in [-0.2, -0.15) is 0 Å². The molecule has 4 nitrogen and oxygen atoms in total. The zero-order valence-electron chi connectivity index (χ0n) is 7.69. The molecule has 0 unspecified atom stereocenters. The summed E-state index contributed by atoms with van der Waals surface area (Å²) in [4.78, 5) is 0. The molecule has 0 saturated carbocycles. The Morgan fingerprint density at radius 2 is 2.00 bits per heavy atom. The molecular formula is C8H16O4. The molecule has 0 aromatic heterocycles. The maximum atomic E-state index is 9.24. The van der Waals surface area contributed by atoms with Crippen LogP contribution in [0.4, 0.5) is 0 Å². The molecule has 1 heterocycles. The molecule has 4 atom stereocenters. The Kier molecular flexibility index (Phi) is 3.46. The minimum Gasteiger partial charge on any atom is -0.378 e. The van der Waals surface area contributed by atoms with Gasteiger partial charge in [0.1, 0.15) is 6.10 Å². The molecular weight excluding hydrogens is 160 g/mol. The predicted octanol–water partition coefficient (Wildman–Crippen LogP) is 0.144. The van der Waals surface area contributed by atoms with E-state index in [0.29, 0.717) is 6.42 Å². The van der Waals surface area contributed by atoms with Gasteiger partial charge in [-0.3, -0.25) is 0 Å². The van der Waals surface area contributed by atoms with Gasteiger partial charge in [0.15, 0.2) is 6.29 Å². The van der Waals surface area contributed by atoms with Crippen molar-refractivity contribution < 1.29 is 19.3 Å². The number of ether oxygens (including phenoxy) is 3. The van der Waals surface area contributed by atoms with Crippen molar-refractivity contribution in [1.29, 1.82) is 0 Å². The third kappa shape index (κ3) is 1.95. The minimum absolute atomic E-state index is 0.0752. The first-order chi connectivity index (χ1) is 5.69. The van der Waals surface area contributed by atoms with Gasteiger partial charge in [0, 0.05) is 20.6 Å². The van der Waals surface area contributed by atoms with Crippen LogP contribution in [0.15, 0.2) is 0 Å². The predicted molar refractivity (Wildman–Crippen MR) is 42.8 cm³/mol. The molecule has 1 N–H and O–H groups in total. The van der Waals surface area contributed by atoms with Gasteiger partial charge in [-0.05, 0) is 6.92 Å². The molecule has 0 radical (unpaired) electrons. The second kappa shape index (κ2) is 4.18. The van der Waals surface area contributed by atoms with Gasteiger partial charge in [0.05, 0.1) is 12.2 Å². The summed E-state index contributed by atoms with van der Waals surface area (Å²) < 4.78 is 15.5. The number of rotatable bonds is 2. The Labute approximate surface area is 72.4 Å². The van der Waals surface area contributed by atoms with Crippen molar-refractivity contribution in [3.8, 4) is 0 Å². The van der Waals surface area contributed by atoms with Crippen molar-refractivity contribution >= 4 is 0 Å². The fourth-order valence-electron chi connectivity index (χ4n) is 1.59. The Balaban J connectivity index is 2.56. The van der Waals surface area contributed by atoms with Crippen LogP contribution in [-0.4, -0.2) is 43.9 Å². The first-order valence-electron chi connectivity index (χ1n) is 4.08. The SMILES string of the molecule is CO[C@H]1[C@H](C)O[C@@H](O)C[C@@H]1OC. The smallest absolute Gasteiger partial charge is 0.157 e. The van der Waals surface area contributed by atoms with Crippen molar-refractivity contribution in [3.63, 3.8) is 0 Å². The molecule has 1 aliphatic heterocycles. The van der Waals surface area contributed by atoms with Gasteiger partial charge in [-0.15, -0.1) is 0 Å². The second-order valence-corrected chi connectivity index (χ2v) is 3.01. The monoisotopic (exact) mass is 176 g/mol. The van der Waals surface area contributed by atoms with Crippen LogP contribution >= 0.6 is 0 Å². The molecule has 1 fully saturated rings. The van der Waals surface area contributed by atoms with Crippen LogP contribution < -0.4 is 0 Å². The highest BCUT2D eigenvalue weighted by molar-refractivity contribution is 4.81. The Hall–Kier alpha value is -0.160. The van der Waals surface area contributed by atoms with Gasteiger partial charge >= 0.3 is 0 Å². The molecule has 0 aliphatic carbocycles. The molecule has 1 aliphatic rings. The van der Waals surface area contributed by atoms with E-state index in [1.54, 1.807) is 14.2 Å². The summed E-state index contributed by atoms with van der Waals surface area (Å²) in [7, 11) is 3.23. The fraction of sp³-hybridized carbons (Fsp3) is 1.00. The molecule has 12 heavy (non-hydrogen) atoms. The van der Waals surface area contributed by atoms with E-state index in [9.17, 15) is 5.11 Å². The summed E-state index contributed by atoms with van der Waals surface area (Å²) >= 11 is 0. The average molecular weight is 176 g/mol. The van der Waals surface area contributed by atoms with E-state index in [4.69, 9.17) is 14.2 Å². The van der Waals surface area contributed by atoms with E-state index in [-0.39, 0.29) is 18.3 Å². The third-order valence-electron chi connectivity index (χ3n) is 2.21. The molecule has 1 saturated heterocycles. The van der Waals surface area contributed by atoms with Gasteiger partial charge in [-0.1, -0.05) is 0 Å². The molecule has 1 rings (SSSR count). The van der Waals surface area contributed by atoms with E-state index >= 15 is 0 Å². The zero-order valence-corrected chi connectivity index (χ0v) is 7.69. The average Bonchev–Trinajstić information content (AvgIpc) is 2.03. The van der Waals surface area contributed by atoms with E-state index in [0.717, 1.165) is 0 Å². The van der Waals surface area contributed by atoms with E-state index in [1.165, 1.54) is 0 Å². The summed E-state index contributed by atoms with van der Waals surface area (Å²) in [6.07, 6.45) is -0.536. The number of aliphatic hydroxyl groups excluding tert-OH is 1. The molecule has 72 valence electrons. The normalized spacial score (nSPS) is 43.0. The van der Waals surface area contributed by atoms with Gasteiger partial charge in [-0.25, -0.2) is 0 Å². The highest BCUT2D eigenvalue weighted by atomic mass is 16.6. The second-order valence-electron chi connectivity index (χ2n) is 3.01. The molecule has 0 spiro atoms. The molecule has 0 aromatic rings. The summed E-state index contributed by atoms with van der Waals surface area (Å²) in [6.45, 7) is 1.86. The van der Waals surface area contributed by atoms with E-state index in [2.05, 4.69) is 0 Å². The number of hydrogen-bond donors (Lipinski definition) is 1. The standard InChI is InChI=1S/C8H16O4/c1-5-8(11-3)6(10-2)4-7(9)12-5/h5-9H,4H2,1-3H3/t5-,6-,7+,8-/m0/s1. The molecule has 0 bridgehead atoms. The van der Waals surface area contributed by atoms with Crippen LogP contribution in [0.2, 0.25) is 0 Å². The van der Waals surface area contributed by atoms with Crippen molar-refractivity contribution in [1.82, 2.24) is 0 Å². The van der Waals surface area contributed by atoms with Crippen LogP contribution in [-0.2, 0) is 14.2 Å². The maximum absolute atomic E-state index is 9.24. The number of hydrogen-bond acceptors (Lipinski definition) is 4. The zero-order chi connectivity index (χ0) is 9.14. The third-order valence-corrected chi connectivity index (χ3v) is 2.21. The quantitative estimate of drug-likeness (QED) is 0.650. The van der Waals surface area contributed by atoms with Crippen LogP contribution in [0.1, 0.15) is 13.3 Å². The van der Waals surface area contributed by atoms with Crippen LogP contribution in [0, 0.1) is 0 Å². The Morgan fingerprint density at radius 1 is 1.33 bits per heavy atom. The summed E-state index contributed by atoms with van der Waals surface area (Å²) in [5, 5.41) is 9.24. The Bertz CT molecular complexity index is 139. The topological polar surface area (TPSA) is 47.9 Å². The molecule has 0 aromatic carbocycles. The van der Waals surface area contributed by atoms with Gasteiger partial charge in [0.2, 0.25) is 0 Å². The van der Waals surface area contributed by atoms with E-state index < -0.39 is 6.29 Å². The van der Waals surface area contributed by atoms with Crippen molar-refractivity contribution in [3.05, 3.63) is 0 Å². The Morgan fingerprint density at radius 3 is 2.50 bits per heavy atom. The molecule has 4 heteroatoms. The van der Waals surface area contributed by atoms with Gasteiger partial charge < -0.3 is 19.3 Å². The van der Waals surface area contributed by atoms with Crippen molar-refractivity contribution in [2.75, 3.05) is 14.2 Å². The van der Waals surface area contributed by atoms with Crippen LogP contribution in [0.25, 0.3) is 0 Å². The largest absolute Gasteiger partial charge is 0.378 e. The summed E-state index contributed by atoms with van der Waals surface area (Å²) in [6, 6.07) is 0. The number of methoxy groups -OCH3 is 2. The minimum atomic E-state index is -0.726. The molecule has 0 amide bonds. The van der Waals surface area contributed by atoms with Crippen LogP contribution in [0.5, 0.6) is 0 Å². The lowest BCUT2D eigenvalue weighted by Crippen LogP contribution is -2.48. The fourth-order valence-corrected chi connectivity index (χ4v) is 1.59. The van der Waals surface area contributed by atoms with Gasteiger partial charge in [0.25, 0.3) is 0 Å². The summed E-state index contributed by atoms with van der Waals surface area (Å²) in [5.74, 6) is 0. The summed E-state index contributed by atoms with van der Waals surface area (Å²) in [5.41, 5.74) is 0. The van der Waals surface area contributed by atoms with E-state index in [1.807, 2.05) is 6.92 Å². The van der Waals surface area contributed by atoms with Crippen molar-refractivity contribution in [2.24, 2.45) is 0 Å². The lowest BCUT2D eigenvalue weighted by atomic mass is 10.0. The number of aliphatic hydroxyl groups is 1. The maximum Gasteiger partial charge on any atom is 0.157 e. The highest BCUT2D eigenvalue weighted by Gasteiger charge is 2.35. The first kappa shape index (κ1) is 9.92. The lowest BCUT2D eigenvalue weighted by Gasteiger charge is -2.36. The van der Waals surface area contributed by atoms with Crippen molar-refractivity contribution in [2.45, 2.75) is 37.9 Å². The van der Waals surface area contributed by atoms with Crippen LogP contribution in [0.3, 0.4) is 0 Å². The first-order valence-corrected chi connectivity index (χ1v) is 4.08.